The monoisotopic (exact) mass is 826 g/mol. The van der Waals surface area contributed by atoms with Crippen LogP contribution >= 0.6 is 7.82 Å². The van der Waals surface area contributed by atoms with Crippen LogP contribution in [0.25, 0.3) is 0 Å². The largest absolute Gasteiger partial charge is 0.472 e. The first-order valence-corrected chi connectivity index (χ1v) is 23.4. The second-order valence-corrected chi connectivity index (χ2v) is 16.0. The van der Waals surface area contributed by atoms with E-state index in [1.54, 1.807) is 0 Å². The fourth-order valence-electron chi connectivity index (χ4n) is 5.64. The van der Waals surface area contributed by atoms with Crippen molar-refractivity contribution in [2.75, 3.05) is 26.4 Å². The third kappa shape index (κ3) is 38.9. The topological polar surface area (TPSA) is 175 Å². The van der Waals surface area contributed by atoms with Crippen molar-refractivity contribution in [3.05, 3.63) is 60.8 Å². The Bertz CT molecular complexity index is 1150. The predicted molar refractivity (Wildman–Crippen MR) is 231 cm³/mol. The van der Waals surface area contributed by atoms with E-state index in [0.29, 0.717) is 25.7 Å². The van der Waals surface area contributed by atoms with Crippen LogP contribution in [-0.4, -0.2) is 71.7 Å². The molecule has 0 saturated heterocycles. The molecule has 11 nitrogen and oxygen atoms in total. The van der Waals surface area contributed by atoms with Crippen molar-refractivity contribution in [2.45, 2.75) is 186 Å². The molecule has 0 spiro atoms. The lowest BCUT2D eigenvalue weighted by atomic mass is 10.0. The lowest BCUT2D eigenvalue weighted by Gasteiger charge is -2.19. The number of carbonyl (C=O) groups excluding carboxylic acids is 2. The molecule has 0 saturated carbocycles. The van der Waals surface area contributed by atoms with Crippen molar-refractivity contribution in [2.24, 2.45) is 5.73 Å². The molecule has 0 aliphatic carbocycles. The highest BCUT2D eigenvalue weighted by atomic mass is 31.2. The van der Waals surface area contributed by atoms with Gasteiger partial charge in [0.05, 0.1) is 25.4 Å². The fraction of sp³-hybridized carbons (Fsp3) is 0.733. The molecule has 0 aromatic heterocycles. The van der Waals surface area contributed by atoms with Crippen LogP contribution in [0.3, 0.4) is 0 Å². The predicted octanol–water partition coefficient (Wildman–Crippen LogP) is 10.4. The summed E-state index contributed by atoms with van der Waals surface area (Å²) in [5, 5.41) is 20.4. The second-order valence-electron chi connectivity index (χ2n) is 14.5. The first kappa shape index (κ1) is 54.6. The van der Waals surface area contributed by atoms with Gasteiger partial charge in [0.15, 0.2) is 6.10 Å². The second kappa shape index (κ2) is 40.4. The van der Waals surface area contributed by atoms with Crippen molar-refractivity contribution >= 4 is 19.8 Å². The Labute approximate surface area is 345 Å². The van der Waals surface area contributed by atoms with Gasteiger partial charge in [0.1, 0.15) is 6.61 Å². The number of aliphatic hydroxyl groups is 2. The highest BCUT2D eigenvalue weighted by Crippen LogP contribution is 2.43. The minimum atomic E-state index is -4.43. The zero-order valence-electron chi connectivity index (χ0n) is 35.5. The smallest absolute Gasteiger partial charge is 0.462 e. The summed E-state index contributed by atoms with van der Waals surface area (Å²) in [6, 6.07) is 0. The fourth-order valence-corrected chi connectivity index (χ4v) is 6.40. The minimum absolute atomic E-state index is 0.0224. The minimum Gasteiger partial charge on any atom is -0.462 e. The number of hydrogen-bond donors (Lipinski definition) is 4. The Kier molecular flexibility index (Phi) is 38.7. The molecule has 57 heavy (non-hydrogen) atoms. The van der Waals surface area contributed by atoms with Crippen molar-refractivity contribution in [3.63, 3.8) is 0 Å². The van der Waals surface area contributed by atoms with Crippen LogP contribution < -0.4 is 5.73 Å². The van der Waals surface area contributed by atoms with E-state index in [9.17, 15) is 29.3 Å². The van der Waals surface area contributed by atoms with Crippen LogP contribution in [-0.2, 0) is 32.7 Å². The molecular weight excluding hydrogens is 745 g/mol. The molecule has 0 aliphatic rings. The van der Waals surface area contributed by atoms with E-state index in [1.807, 2.05) is 6.08 Å². The molecule has 0 aromatic carbocycles. The summed E-state index contributed by atoms with van der Waals surface area (Å²) in [6.07, 6.45) is 39.8. The number of unbranched alkanes of at least 4 members (excludes halogenated alkanes) is 13. The number of hydrogen-bond acceptors (Lipinski definition) is 10. The van der Waals surface area contributed by atoms with E-state index in [1.165, 1.54) is 38.5 Å². The molecule has 1 unspecified atom stereocenters. The van der Waals surface area contributed by atoms with Crippen molar-refractivity contribution in [1.29, 1.82) is 0 Å². The normalized spacial score (nSPS) is 15.0. The van der Waals surface area contributed by atoms with Gasteiger partial charge in [-0.25, -0.2) is 4.57 Å². The highest BCUT2D eigenvalue weighted by Gasteiger charge is 2.26. The summed E-state index contributed by atoms with van der Waals surface area (Å²) in [4.78, 5) is 34.9. The molecule has 12 heteroatoms. The van der Waals surface area contributed by atoms with Crippen LogP contribution in [0.2, 0.25) is 0 Å². The van der Waals surface area contributed by atoms with Crippen LogP contribution in [0.5, 0.6) is 0 Å². The van der Waals surface area contributed by atoms with Crippen LogP contribution in [0.15, 0.2) is 60.8 Å². The molecule has 0 heterocycles. The van der Waals surface area contributed by atoms with Gasteiger partial charge in [0.2, 0.25) is 0 Å². The molecule has 0 aliphatic heterocycles. The lowest BCUT2D eigenvalue weighted by Crippen LogP contribution is -2.29. The molecule has 0 bridgehead atoms. The summed E-state index contributed by atoms with van der Waals surface area (Å²) in [7, 11) is -4.43. The van der Waals surface area contributed by atoms with Gasteiger partial charge >= 0.3 is 19.8 Å². The average Bonchev–Trinajstić information content (AvgIpc) is 3.19. The Morgan fingerprint density at radius 3 is 1.67 bits per heavy atom. The molecule has 0 aromatic rings. The lowest BCUT2D eigenvalue weighted by molar-refractivity contribution is -0.161. The first-order chi connectivity index (χ1) is 27.6. The molecule has 0 fully saturated rings. The zero-order valence-corrected chi connectivity index (χ0v) is 36.4. The Hall–Kier alpha value is -2.37. The maximum absolute atomic E-state index is 12.6. The third-order valence-electron chi connectivity index (χ3n) is 9.08. The quantitative estimate of drug-likeness (QED) is 0.0200. The summed E-state index contributed by atoms with van der Waals surface area (Å²) < 4.78 is 32.7. The van der Waals surface area contributed by atoms with E-state index in [-0.39, 0.29) is 32.6 Å². The number of phosphoric ester groups is 1. The number of carbonyl (C=O) groups is 2. The van der Waals surface area contributed by atoms with Gasteiger partial charge in [0.25, 0.3) is 0 Å². The van der Waals surface area contributed by atoms with Crippen molar-refractivity contribution in [1.82, 2.24) is 0 Å². The first-order valence-electron chi connectivity index (χ1n) is 21.9. The number of esters is 2. The molecule has 5 N–H and O–H groups in total. The summed E-state index contributed by atoms with van der Waals surface area (Å²) in [6.45, 7) is 3.42. The molecule has 330 valence electrons. The van der Waals surface area contributed by atoms with Gasteiger partial charge in [-0.2, -0.15) is 0 Å². The van der Waals surface area contributed by atoms with E-state index in [2.05, 4.69) is 68.5 Å². The third-order valence-corrected chi connectivity index (χ3v) is 10.1. The van der Waals surface area contributed by atoms with Crippen molar-refractivity contribution < 1.29 is 47.8 Å². The zero-order chi connectivity index (χ0) is 42.1. The van der Waals surface area contributed by atoms with Gasteiger partial charge in [-0.3, -0.25) is 18.6 Å². The molecule has 0 amide bonds. The van der Waals surface area contributed by atoms with E-state index in [4.69, 9.17) is 24.3 Å². The molecule has 4 atom stereocenters. The van der Waals surface area contributed by atoms with E-state index in [0.717, 1.165) is 77.0 Å². The van der Waals surface area contributed by atoms with Gasteiger partial charge in [-0.1, -0.05) is 132 Å². The summed E-state index contributed by atoms with van der Waals surface area (Å²) in [5.41, 5.74) is 5.33. The van der Waals surface area contributed by atoms with E-state index >= 15 is 0 Å². The van der Waals surface area contributed by atoms with Gasteiger partial charge in [-0.05, 0) is 83.5 Å². The van der Waals surface area contributed by atoms with Crippen LogP contribution in [0, 0.1) is 0 Å². The van der Waals surface area contributed by atoms with E-state index < -0.39 is 44.7 Å². The maximum Gasteiger partial charge on any atom is 0.472 e. The van der Waals surface area contributed by atoms with Crippen molar-refractivity contribution in [3.8, 4) is 0 Å². The average molecular weight is 826 g/mol. The summed E-state index contributed by atoms with van der Waals surface area (Å²) >= 11 is 0. The maximum atomic E-state index is 12.6. The Balaban J connectivity index is 4.35. The van der Waals surface area contributed by atoms with Crippen LogP contribution in [0.4, 0.5) is 0 Å². The molecule has 0 radical (unpaired) electrons. The number of allylic oxidation sites excluding steroid dienone is 9. The summed E-state index contributed by atoms with van der Waals surface area (Å²) in [5.74, 6) is -0.981. The number of nitrogens with two attached hydrogens (primary N) is 1. The number of aliphatic hydroxyl groups excluding tert-OH is 2. The standard InChI is InChI=1S/C45H80NO10P/c1-3-5-7-9-11-12-13-14-15-16-17-18-19-20-21-22-23-27-32-36-45(50)56-41(40-55-57(51,52)54-38-37-46)39-53-44(49)35-31-28-24-26-30-34-43(48)42(47)33-29-25-10-8-6-4-2/h11-12,14-15,17-18,20-21,25,29,41-43,47-48H,3-10,13,16,19,22-24,26-28,30-40,46H2,1-2H3,(H,51,52)/b12-11-,15-14-,18-17-,21-20-,29-25-/t41-,42-,43-/m1/s1. The molecular formula is C45H80NO10P. The number of rotatable bonds is 40. The Morgan fingerprint density at radius 1 is 0.596 bits per heavy atom. The number of phosphoric acid groups is 1. The SMILES string of the molecule is CCCCC/C=C\C/C=C\C/C=C\C/C=C\CCCCCC(=O)O[C@H](COC(=O)CCCCCCC[C@@H](O)[C@H](O)C/C=C\CCCCC)COP(=O)(O)OCCN. The van der Waals surface area contributed by atoms with Gasteiger partial charge in [0, 0.05) is 19.4 Å². The van der Waals surface area contributed by atoms with Gasteiger partial charge in [-0.15, -0.1) is 0 Å². The highest BCUT2D eigenvalue weighted by molar-refractivity contribution is 7.47. The molecule has 0 rings (SSSR count). The van der Waals surface area contributed by atoms with Gasteiger partial charge < -0.3 is 30.3 Å². The number of ether oxygens (including phenoxy) is 2. The Morgan fingerprint density at radius 2 is 1.09 bits per heavy atom. The van der Waals surface area contributed by atoms with Crippen LogP contribution in [0.1, 0.15) is 168 Å².